The van der Waals surface area contributed by atoms with Gasteiger partial charge in [-0.05, 0) is 160 Å². The first-order valence-electron chi connectivity index (χ1n) is 26.1. The predicted octanol–water partition coefficient (Wildman–Crippen LogP) is 13.0. The summed E-state index contributed by atoms with van der Waals surface area (Å²) in [4.78, 5) is 90.4. The summed E-state index contributed by atoms with van der Waals surface area (Å²) in [6, 6.07) is 33.3. The van der Waals surface area contributed by atoms with E-state index in [9.17, 15) is 28.8 Å². The number of pyridine rings is 2. The molecule has 0 bridgehead atoms. The third-order valence-electron chi connectivity index (χ3n) is 13.4. The van der Waals surface area contributed by atoms with E-state index in [1.165, 1.54) is 42.1 Å². The maximum atomic E-state index is 13.3. The molecule has 0 radical (unpaired) electrons. The van der Waals surface area contributed by atoms with Crippen molar-refractivity contribution in [2.75, 3.05) is 47.6 Å². The fraction of sp³-hybridized carbons (Fsp3) is 0.129. The van der Waals surface area contributed by atoms with Crippen molar-refractivity contribution in [2.24, 2.45) is 0 Å². The number of benzene rings is 5. The van der Waals surface area contributed by atoms with Crippen molar-refractivity contribution in [1.29, 1.82) is 0 Å². The number of imidazole rings is 2. The van der Waals surface area contributed by atoms with Crippen LogP contribution in [-0.4, -0.2) is 81.4 Å². The van der Waals surface area contributed by atoms with Gasteiger partial charge >= 0.3 is 0 Å². The van der Waals surface area contributed by atoms with E-state index in [0.717, 1.165) is 20.6 Å². The van der Waals surface area contributed by atoms with E-state index in [2.05, 4.69) is 63.1 Å². The first kappa shape index (κ1) is 62.0. The van der Waals surface area contributed by atoms with Crippen LogP contribution in [0, 0.1) is 13.8 Å². The minimum absolute atomic E-state index is 0.00136. The van der Waals surface area contributed by atoms with Crippen molar-refractivity contribution in [3.8, 4) is 11.5 Å². The highest BCUT2D eigenvalue weighted by molar-refractivity contribution is 9.10. The molecular weight excluding hydrogens is 1310 g/mol. The predicted molar refractivity (Wildman–Crippen MR) is 343 cm³/mol. The van der Waals surface area contributed by atoms with E-state index in [1.807, 2.05) is 47.2 Å². The summed E-state index contributed by atoms with van der Waals surface area (Å²) < 4.78 is 17.5. The maximum absolute atomic E-state index is 13.3. The molecule has 86 heavy (non-hydrogen) atoms. The zero-order chi connectivity index (χ0) is 61.3. The van der Waals surface area contributed by atoms with Crippen LogP contribution in [0.25, 0.3) is 23.4 Å². The molecule has 0 fully saturated rings. The molecule has 0 aliphatic rings. The molecule has 0 atom stereocenters. The Bertz CT molecular complexity index is 3930. The number of halogens is 6. The number of rotatable bonds is 20. The number of likely N-dealkylation sites (N-methyl/N-ethyl adjacent to an activating group) is 2. The number of ether oxygens (including phenoxy) is 2. The molecule has 6 amide bonds. The molecule has 0 aliphatic heterocycles. The molecule has 24 heteroatoms. The van der Waals surface area contributed by atoms with Crippen molar-refractivity contribution in [3.05, 3.63) is 220 Å². The lowest BCUT2D eigenvalue weighted by Crippen LogP contribution is -2.37. The van der Waals surface area contributed by atoms with Crippen molar-refractivity contribution >= 4 is 160 Å². The zero-order valence-electron chi connectivity index (χ0n) is 46.1. The van der Waals surface area contributed by atoms with Crippen LogP contribution in [0.4, 0.5) is 22.7 Å². The lowest BCUT2D eigenvalue weighted by Gasteiger charge is -2.21. The summed E-state index contributed by atoms with van der Waals surface area (Å²) in [5, 5.41) is 11.9. The van der Waals surface area contributed by atoms with Gasteiger partial charge in [0.2, 0.25) is 23.6 Å². The van der Waals surface area contributed by atoms with Crippen molar-refractivity contribution in [1.82, 2.24) is 29.4 Å². The normalized spacial score (nSPS) is 11.3. The minimum Gasteiger partial charge on any atom is -0.485 e. The summed E-state index contributed by atoms with van der Waals surface area (Å²) in [5.74, 6) is -1.82. The Balaban J connectivity index is 0.700. The summed E-state index contributed by atoms with van der Waals surface area (Å²) in [6.07, 6.45) is 9.38. The fourth-order valence-electron chi connectivity index (χ4n) is 8.59. The van der Waals surface area contributed by atoms with Gasteiger partial charge in [-0.15, -0.1) is 0 Å². The second kappa shape index (κ2) is 27.7. The Morgan fingerprint density at radius 1 is 0.547 bits per heavy atom. The molecule has 5 aromatic carbocycles. The molecule has 0 saturated heterocycles. The van der Waals surface area contributed by atoms with Crippen LogP contribution in [0.15, 0.2) is 155 Å². The molecule has 4 N–H and O–H groups in total. The van der Waals surface area contributed by atoms with E-state index in [4.69, 9.17) is 55.9 Å². The molecular formula is C62H50Br2Cl4N10O8. The molecule has 438 valence electrons. The van der Waals surface area contributed by atoms with Crippen LogP contribution in [0.1, 0.15) is 54.4 Å². The van der Waals surface area contributed by atoms with Crippen molar-refractivity contribution < 1.29 is 38.2 Å². The number of hydrogen-bond acceptors (Lipinski definition) is 10. The number of carbonyl (C=O) groups excluding carboxylic acids is 6. The van der Waals surface area contributed by atoms with Gasteiger partial charge in [-0.3, -0.25) is 37.6 Å². The molecule has 18 nitrogen and oxygen atoms in total. The van der Waals surface area contributed by atoms with E-state index in [1.54, 1.807) is 115 Å². The summed E-state index contributed by atoms with van der Waals surface area (Å²) in [7, 11) is 3.07. The first-order chi connectivity index (χ1) is 41.2. The highest BCUT2D eigenvalue weighted by Gasteiger charge is 2.23. The second-order valence-corrected chi connectivity index (χ2v) is 22.2. The molecule has 0 saturated carbocycles. The molecule has 0 spiro atoms. The molecule has 0 unspecified atom stereocenters. The topological polar surface area (TPSA) is 210 Å². The van der Waals surface area contributed by atoms with Crippen LogP contribution in [0.3, 0.4) is 0 Å². The molecule has 9 aromatic rings. The number of nitrogens with one attached hydrogen (secondary N) is 4. The Kier molecular flexibility index (Phi) is 20.0. The molecule has 4 aromatic heterocycles. The smallest absolute Gasteiger partial charge is 0.255 e. The van der Waals surface area contributed by atoms with Gasteiger partial charge in [0.05, 0.1) is 45.9 Å². The largest absolute Gasteiger partial charge is 0.485 e. The maximum Gasteiger partial charge on any atom is 0.255 e. The molecule has 4 heterocycles. The Morgan fingerprint density at radius 2 is 0.942 bits per heavy atom. The van der Waals surface area contributed by atoms with Crippen LogP contribution in [0.2, 0.25) is 20.1 Å². The van der Waals surface area contributed by atoms with Gasteiger partial charge in [-0.25, -0.2) is 9.97 Å². The number of hydrogen-bond donors (Lipinski definition) is 4. The van der Waals surface area contributed by atoms with Gasteiger partial charge in [0.15, 0.2) is 22.8 Å². The minimum atomic E-state index is -0.519. The number of aromatic nitrogens is 4. The number of aryl methyl sites for hydroxylation is 2. The van der Waals surface area contributed by atoms with E-state index in [0.29, 0.717) is 77.8 Å². The van der Waals surface area contributed by atoms with Crippen LogP contribution in [0.5, 0.6) is 11.5 Å². The van der Waals surface area contributed by atoms with Gasteiger partial charge in [0.1, 0.15) is 22.4 Å². The Morgan fingerprint density at radius 3 is 1.34 bits per heavy atom. The van der Waals surface area contributed by atoms with Crippen LogP contribution in [-0.2, 0) is 32.4 Å². The number of nitrogens with zero attached hydrogens (tertiary/aromatic N) is 6. The Labute approximate surface area is 530 Å². The van der Waals surface area contributed by atoms with Gasteiger partial charge < -0.3 is 40.5 Å². The third kappa shape index (κ3) is 14.6. The van der Waals surface area contributed by atoms with Gasteiger partial charge in [-0.1, -0.05) is 76.7 Å². The van der Waals surface area contributed by atoms with E-state index >= 15 is 0 Å². The number of anilines is 4. The van der Waals surface area contributed by atoms with Gasteiger partial charge in [-0.2, -0.15) is 0 Å². The highest BCUT2D eigenvalue weighted by atomic mass is 79.9. The first-order valence-corrected chi connectivity index (χ1v) is 29.2. The quantitative estimate of drug-likeness (QED) is 0.0530. The third-order valence-corrected chi connectivity index (χ3v) is 16.8. The highest BCUT2D eigenvalue weighted by Crippen LogP contribution is 2.37. The van der Waals surface area contributed by atoms with Crippen LogP contribution < -0.4 is 40.5 Å². The SMILES string of the molecule is Cc1nc2c(OCc3c(Cl)ccc(N(C)C(=O)CNC(=O)C=Cc4ccc(NC(=O)c5cccc(C(=O)Nc6ccc(C=CC(=O)NCC(=O)N(C)c7ccc(Cl)c(COc8cccn9c(Br)c(C)nc89)c7Cl)cc6)c5)cc4)c3Cl)cccn2c1Br. The number of amides is 6. The van der Waals surface area contributed by atoms with E-state index < -0.39 is 35.4 Å². The zero-order valence-corrected chi connectivity index (χ0v) is 52.3. The monoisotopic (exact) mass is 1360 g/mol. The summed E-state index contributed by atoms with van der Waals surface area (Å²) >= 11 is 33.7. The molecule has 0 aliphatic carbocycles. The van der Waals surface area contributed by atoms with Gasteiger partial charge in [0.25, 0.3) is 11.8 Å². The lowest BCUT2D eigenvalue weighted by atomic mass is 10.1. The number of fused-ring (bicyclic) bond motifs is 2. The van der Waals surface area contributed by atoms with Crippen LogP contribution >= 0.6 is 78.3 Å². The summed E-state index contributed by atoms with van der Waals surface area (Å²) in [5.41, 5.74) is 7.13. The van der Waals surface area contributed by atoms with Crippen molar-refractivity contribution in [3.63, 3.8) is 0 Å². The molecule has 9 rings (SSSR count). The number of carbonyl (C=O) groups is 6. The average Bonchev–Trinajstić information content (AvgIpc) is 3.25. The summed E-state index contributed by atoms with van der Waals surface area (Å²) in [6.45, 7) is 3.09. The fourth-order valence-corrected chi connectivity index (χ4v) is 10.6. The lowest BCUT2D eigenvalue weighted by molar-refractivity contribution is -0.122. The Hall–Kier alpha value is -8.50. The second-order valence-electron chi connectivity index (χ2n) is 19.1. The van der Waals surface area contributed by atoms with E-state index in [-0.39, 0.29) is 47.5 Å². The standard InChI is InChI=1S/C62H50Br2Cl4N10O8/c1-35-57(63)77-28-6-10-49(59(77)71-35)85-33-43-45(65)22-24-47(55(43)67)75(3)53(81)31-69-51(79)26-16-37-12-18-41(19-13-37)73-61(83)39-8-5-9-40(30-39)62(84)74-42-20-14-38(15-21-42)17-27-52(80)70-32-54(82)76(4)48-25-23-46(66)44(56(48)68)34-86-50-11-7-29-78-58(64)36(2)72-60(50)78/h5-30H,31-34H2,1-4H3,(H,69,79)(H,70,80)(H,73,83)(H,74,84). The average molecular weight is 1360 g/mol. The van der Waals surface area contributed by atoms with Crippen molar-refractivity contribution in [2.45, 2.75) is 27.1 Å². The van der Waals surface area contributed by atoms with Gasteiger partial charge in [0, 0.05) is 82.3 Å².